The number of nitrogens with zero attached hydrogens (tertiary/aromatic N) is 2. The van der Waals surface area contributed by atoms with E-state index in [9.17, 15) is 18.0 Å². The molecule has 0 saturated heterocycles. The van der Waals surface area contributed by atoms with Crippen LogP contribution in [0.25, 0.3) is 0 Å². The third-order valence-corrected chi connectivity index (χ3v) is 8.34. The third kappa shape index (κ3) is 8.92. The molecule has 41 heavy (non-hydrogen) atoms. The van der Waals surface area contributed by atoms with Crippen molar-refractivity contribution in [2.24, 2.45) is 0 Å². The number of amides is 2. The molecule has 0 aliphatic heterocycles. The molecule has 2 amide bonds. The van der Waals surface area contributed by atoms with Crippen LogP contribution in [0.15, 0.2) is 78.9 Å². The van der Waals surface area contributed by atoms with Crippen LogP contribution < -0.4 is 9.62 Å². The number of sulfonamides is 1. The molecule has 2 unspecified atom stereocenters. The minimum Gasteiger partial charge on any atom is -0.352 e. The fraction of sp³-hybridized carbons (Fsp3) is 0.394. The van der Waals surface area contributed by atoms with Crippen molar-refractivity contribution < 1.29 is 18.0 Å². The van der Waals surface area contributed by atoms with E-state index in [0.29, 0.717) is 12.1 Å². The largest absolute Gasteiger partial charge is 0.352 e. The molecule has 8 heteroatoms. The standard InChI is InChI=1S/C33H43N3O4S/c1-7-26(5)34-33(38)31(21-27-15-9-8-10-16-27)35(22-28-17-13-14-25(4)20-28)32(37)23-36(41(6,39)40)30-19-12-11-18-29(30)24(2)3/h8-20,24,26,31H,7,21-23H2,1-6H3,(H,34,38). The highest BCUT2D eigenvalue weighted by Crippen LogP contribution is 2.29. The van der Waals surface area contributed by atoms with E-state index in [-0.39, 0.29) is 24.4 Å². The molecule has 0 radical (unpaired) electrons. The highest BCUT2D eigenvalue weighted by molar-refractivity contribution is 7.92. The summed E-state index contributed by atoms with van der Waals surface area (Å²) in [6, 6.07) is 23.7. The average Bonchev–Trinajstić information content (AvgIpc) is 2.93. The van der Waals surface area contributed by atoms with Gasteiger partial charge in [-0.25, -0.2) is 8.42 Å². The molecule has 0 aliphatic carbocycles. The molecular formula is C33H43N3O4S. The normalized spacial score (nSPS) is 13.0. The predicted molar refractivity (Wildman–Crippen MR) is 166 cm³/mol. The molecule has 7 nitrogen and oxygen atoms in total. The Balaban J connectivity index is 2.10. The second kappa shape index (κ2) is 14.3. The zero-order chi connectivity index (χ0) is 30.2. The number of anilines is 1. The van der Waals surface area contributed by atoms with Crippen LogP contribution in [0.5, 0.6) is 0 Å². The van der Waals surface area contributed by atoms with Crippen LogP contribution in [-0.4, -0.2) is 50.0 Å². The second-order valence-corrected chi connectivity index (χ2v) is 12.9. The van der Waals surface area contributed by atoms with Gasteiger partial charge in [0.05, 0.1) is 11.9 Å². The minimum absolute atomic E-state index is 0.0427. The summed E-state index contributed by atoms with van der Waals surface area (Å²) in [5.41, 5.74) is 4.09. The first-order chi connectivity index (χ1) is 19.4. The first-order valence-corrected chi connectivity index (χ1v) is 16.0. The van der Waals surface area contributed by atoms with Gasteiger partial charge in [0.15, 0.2) is 0 Å². The van der Waals surface area contributed by atoms with E-state index >= 15 is 0 Å². The van der Waals surface area contributed by atoms with Gasteiger partial charge in [-0.2, -0.15) is 0 Å². The Hall–Kier alpha value is -3.65. The molecule has 0 saturated carbocycles. The molecule has 1 N–H and O–H groups in total. The number of benzene rings is 3. The fourth-order valence-electron chi connectivity index (χ4n) is 4.80. The monoisotopic (exact) mass is 577 g/mol. The van der Waals surface area contributed by atoms with Crippen molar-refractivity contribution in [3.63, 3.8) is 0 Å². The Morgan fingerprint density at radius 1 is 0.878 bits per heavy atom. The minimum atomic E-state index is -3.82. The van der Waals surface area contributed by atoms with Crippen molar-refractivity contribution in [2.45, 2.75) is 72.0 Å². The van der Waals surface area contributed by atoms with Crippen molar-refractivity contribution >= 4 is 27.5 Å². The van der Waals surface area contributed by atoms with Crippen LogP contribution in [0, 0.1) is 6.92 Å². The first-order valence-electron chi connectivity index (χ1n) is 14.2. The SMILES string of the molecule is CCC(C)NC(=O)C(Cc1ccccc1)N(Cc1cccc(C)c1)C(=O)CN(c1ccccc1C(C)C)S(C)(=O)=O. The first kappa shape index (κ1) is 31.9. The Bertz CT molecular complexity index is 1420. The maximum absolute atomic E-state index is 14.3. The van der Waals surface area contributed by atoms with Gasteiger partial charge >= 0.3 is 0 Å². The van der Waals surface area contributed by atoms with E-state index in [1.165, 1.54) is 9.21 Å². The lowest BCUT2D eigenvalue weighted by Gasteiger charge is -2.34. The van der Waals surface area contributed by atoms with Gasteiger partial charge in [0.1, 0.15) is 12.6 Å². The summed E-state index contributed by atoms with van der Waals surface area (Å²) < 4.78 is 27.4. The predicted octanol–water partition coefficient (Wildman–Crippen LogP) is 5.44. The quantitative estimate of drug-likeness (QED) is 0.293. The van der Waals surface area contributed by atoms with E-state index in [4.69, 9.17) is 0 Å². The number of hydrogen-bond donors (Lipinski definition) is 1. The van der Waals surface area contributed by atoms with Crippen molar-refractivity contribution in [1.29, 1.82) is 0 Å². The number of carbonyl (C=O) groups excluding carboxylic acids is 2. The summed E-state index contributed by atoms with van der Waals surface area (Å²) >= 11 is 0. The number of hydrogen-bond acceptors (Lipinski definition) is 4. The third-order valence-electron chi connectivity index (χ3n) is 7.21. The lowest BCUT2D eigenvalue weighted by Crippen LogP contribution is -2.54. The number of aryl methyl sites for hydroxylation is 1. The molecule has 3 aromatic carbocycles. The van der Waals surface area contributed by atoms with E-state index in [2.05, 4.69) is 5.32 Å². The molecule has 0 spiro atoms. The molecule has 0 aromatic heterocycles. The van der Waals surface area contributed by atoms with Crippen LogP contribution in [0.2, 0.25) is 0 Å². The molecule has 0 heterocycles. The van der Waals surface area contributed by atoms with Crippen LogP contribution in [0.3, 0.4) is 0 Å². The fourth-order valence-corrected chi connectivity index (χ4v) is 5.67. The lowest BCUT2D eigenvalue weighted by atomic mass is 10.0. The number of para-hydroxylation sites is 1. The Morgan fingerprint density at radius 3 is 2.12 bits per heavy atom. The molecule has 3 rings (SSSR count). The van der Waals surface area contributed by atoms with E-state index in [0.717, 1.165) is 34.9 Å². The number of nitrogens with one attached hydrogen (secondary N) is 1. The summed E-state index contributed by atoms with van der Waals surface area (Å²) in [6.07, 6.45) is 2.14. The summed E-state index contributed by atoms with van der Waals surface area (Å²) in [6.45, 7) is 9.61. The Labute approximate surface area is 245 Å². The van der Waals surface area contributed by atoms with E-state index < -0.39 is 28.5 Å². The molecule has 2 atom stereocenters. The summed E-state index contributed by atoms with van der Waals surface area (Å²) in [4.78, 5) is 29.6. The van der Waals surface area contributed by atoms with Crippen LogP contribution >= 0.6 is 0 Å². The summed E-state index contributed by atoms with van der Waals surface area (Å²) in [5, 5.41) is 3.06. The van der Waals surface area contributed by atoms with Gasteiger partial charge in [-0.05, 0) is 48.9 Å². The van der Waals surface area contributed by atoms with Gasteiger partial charge in [-0.15, -0.1) is 0 Å². The van der Waals surface area contributed by atoms with Gasteiger partial charge < -0.3 is 10.2 Å². The molecule has 220 valence electrons. The molecule has 3 aromatic rings. The van der Waals surface area contributed by atoms with Crippen molar-refractivity contribution in [3.8, 4) is 0 Å². The summed E-state index contributed by atoms with van der Waals surface area (Å²) in [7, 11) is -3.82. The van der Waals surface area contributed by atoms with Gasteiger partial charge in [0.25, 0.3) is 0 Å². The van der Waals surface area contributed by atoms with Gasteiger partial charge in [0, 0.05) is 19.0 Å². The van der Waals surface area contributed by atoms with Crippen LogP contribution in [0.4, 0.5) is 5.69 Å². The Kier molecular flexibility index (Phi) is 11.1. The second-order valence-electron chi connectivity index (χ2n) is 11.0. The highest BCUT2D eigenvalue weighted by atomic mass is 32.2. The molecule has 0 aliphatic rings. The van der Waals surface area contributed by atoms with Crippen molar-refractivity contribution in [2.75, 3.05) is 17.1 Å². The zero-order valence-electron chi connectivity index (χ0n) is 25.0. The Morgan fingerprint density at radius 2 is 1.51 bits per heavy atom. The number of carbonyl (C=O) groups is 2. The zero-order valence-corrected chi connectivity index (χ0v) is 25.8. The summed E-state index contributed by atoms with van der Waals surface area (Å²) in [5.74, 6) is -0.672. The van der Waals surface area contributed by atoms with Gasteiger partial charge in [0.2, 0.25) is 21.8 Å². The van der Waals surface area contributed by atoms with Crippen LogP contribution in [0.1, 0.15) is 62.3 Å². The van der Waals surface area contributed by atoms with Crippen molar-refractivity contribution in [3.05, 3.63) is 101 Å². The van der Waals surface area contributed by atoms with E-state index in [1.54, 1.807) is 12.1 Å². The van der Waals surface area contributed by atoms with E-state index in [1.807, 2.05) is 101 Å². The molecule has 0 fully saturated rings. The lowest BCUT2D eigenvalue weighted by molar-refractivity contribution is -0.140. The molecule has 0 bridgehead atoms. The van der Waals surface area contributed by atoms with Crippen molar-refractivity contribution in [1.82, 2.24) is 10.2 Å². The maximum Gasteiger partial charge on any atom is 0.244 e. The van der Waals surface area contributed by atoms with Gasteiger partial charge in [-0.1, -0.05) is 99.1 Å². The maximum atomic E-state index is 14.3. The highest BCUT2D eigenvalue weighted by Gasteiger charge is 2.34. The molecular weight excluding hydrogens is 534 g/mol. The average molecular weight is 578 g/mol. The van der Waals surface area contributed by atoms with Crippen LogP contribution in [-0.2, 0) is 32.6 Å². The topological polar surface area (TPSA) is 86.8 Å². The smallest absolute Gasteiger partial charge is 0.244 e. The number of rotatable bonds is 13. The van der Waals surface area contributed by atoms with Gasteiger partial charge in [-0.3, -0.25) is 13.9 Å².